The standard InChI is InChI=1S/C27H23NO7/c1-15-10-11-19(34-15)23-22(24(29)21-13-17-7-5-9-20(33-3)26(17)35-21)25(30)27(31)28(23)14-16-6-4-8-18(12-16)32-2/h4-13,23,30H,14H2,1-3H3. The Labute approximate surface area is 201 Å². The van der Waals surface area contributed by atoms with Gasteiger partial charge in [0.15, 0.2) is 22.9 Å². The summed E-state index contributed by atoms with van der Waals surface area (Å²) in [7, 11) is 3.07. The van der Waals surface area contributed by atoms with Crippen molar-refractivity contribution in [2.24, 2.45) is 0 Å². The summed E-state index contributed by atoms with van der Waals surface area (Å²) in [5, 5.41) is 11.6. The van der Waals surface area contributed by atoms with Crippen LogP contribution in [0.2, 0.25) is 0 Å². The maximum atomic E-state index is 13.7. The second-order valence-corrected chi connectivity index (χ2v) is 8.22. The molecule has 0 saturated heterocycles. The van der Waals surface area contributed by atoms with Crippen molar-refractivity contribution >= 4 is 22.7 Å². The van der Waals surface area contributed by atoms with Crippen LogP contribution in [0.4, 0.5) is 0 Å². The molecule has 0 bridgehead atoms. The number of carbonyl (C=O) groups is 2. The molecule has 0 aliphatic carbocycles. The first-order chi connectivity index (χ1) is 16.9. The van der Waals surface area contributed by atoms with Crippen molar-refractivity contribution in [3.63, 3.8) is 0 Å². The number of fused-ring (bicyclic) bond motifs is 1. The smallest absolute Gasteiger partial charge is 0.290 e. The maximum absolute atomic E-state index is 13.7. The fourth-order valence-corrected chi connectivity index (χ4v) is 4.35. The number of hydrogen-bond donors (Lipinski definition) is 1. The fourth-order valence-electron chi connectivity index (χ4n) is 4.35. The summed E-state index contributed by atoms with van der Waals surface area (Å²) in [5.41, 5.74) is 1.06. The van der Waals surface area contributed by atoms with Gasteiger partial charge in [0.1, 0.15) is 23.3 Å². The predicted octanol–water partition coefficient (Wildman–Crippen LogP) is 5.13. The van der Waals surface area contributed by atoms with E-state index in [4.69, 9.17) is 18.3 Å². The Morgan fingerprint density at radius 3 is 2.54 bits per heavy atom. The van der Waals surface area contributed by atoms with Gasteiger partial charge in [0.2, 0.25) is 5.78 Å². The van der Waals surface area contributed by atoms with Crippen molar-refractivity contribution in [3.05, 3.63) is 94.8 Å². The number of furan rings is 2. The quantitative estimate of drug-likeness (QED) is 0.371. The number of aliphatic hydroxyl groups is 1. The van der Waals surface area contributed by atoms with E-state index in [2.05, 4.69) is 0 Å². The summed E-state index contributed by atoms with van der Waals surface area (Å²) in [4.78, 5) is 28.3. The summed E-state index contributed by atoms with van der Waals surface area (Å²) in [6.45, 7) is 1.89. The van der Waals surface area contributed by atoms with Crippen LogP contribution in [0.5, 0.6) is 11.5 Å². The lowest BCUT2D eigenvalue weighted by Gasteiger charge is -2.25. The molecule has 1 amide bonds. The lowest BCUT2D eigenvalue weighted by atomic mass is 9.99. The fraction of sp³-hybridized carbons (Fsp3) is 0.185. The van der Waals surface area contributed by atoms with Gasteiger partial charge in [-0.25, -0.2) is 0 Å². The number of aliphatic hydroxyl groups excluding tert-OH is 1. The van der Waals surface area contributed by atoms with Gasteiger partial charge in [0, 0.05) is 11.9 Å². The largest absolute Gasteiger partial charge is 0.503 e. The molecular formula is C27H23NO7. The van der Waals surface area contributed by atoms with E-state index >= 15 is 0 Å². The average molecular weight is 473 g/mol. The Hall–Kier alpha value is -4.46. The van der Waals surface area contributed by atoms with Gasteiger partial charge in [-0.1, -0.05) is 24.3 Å². The molecule has 2 aromatic heterocycles. The van der Waals surface area contributed by atoms with Crippen LogP contribution in [0.15, 0.2) is 80.8 Å². The van der Waals surface area contributed by atoms with Crippen molar-refractivity contribution in [2.45, 2.75) is 19.5 Å². The zero-order valence-corrected chi connectivity index (χ0v) is 19.4. The normalized spacial score (nSPS) is 15.8. The van der Waals surface area contributed by atoms with E-state index in [0.29, 0.717) is 34.0 Å². The Kier molecular flexibility index (Phi) is 5.56. The minimum atomic E-state index is -0.940. The Balaban J connectivity index is 1.58. The second kappa shape index (κ2) is 8.72. The van der Waals surface area contributed by atoms with Gasteiger partial charge in [-0.2, -0.15) is 0 Å². The number of ether oxygens (including phenoxy) is 2. The highest BCUT2D eigenvalue weighted by Crippen LogP contribution is 2.41. The van der Waals surface area contributed by atoms with Gasteiger partial charge in [0.25, 0.3) is 5.91 Å². The molecule has 8 heteroatoms. The minimum absolute atomic E-state index is 0.0182. The van der Waals surface area contributed by atoms with Crippen molar-refractivity contribution in [1.82, 2.24) is 4.90 Å². The number of carbonyl (C=O) groups excluding carboxylic acids is 2. The summed E-state index contributed by atoms with van der Waals surface area (Å²) in [6, 6.07) is 16.6. The molecule has 1 atom stereocenters. The predicted molar refractivity (Wildman–Crippen MR) is 126 cm³/mol. The van der Waals surface area contributed by atoms with Crippen molar-refractivity contribution in [1.29, 1.82) is 0 Å². The third kappa shape index (κ3) is 3.82. The van der Waals surface area contributed by atoms with Gasteiger partial charge in [-0.05, 0) is 48.9 Å². The Morgan fingerprint density at radius 2 is 1.83 bits per heavy atom. The number of amides is 1. The lowest BCUT2D eigenvalue weighted by Crippen LogP contribution is -2.30. The number of Topliss-reactive ketones (excluding diaryl/α,β-unsaturated/α-hetero) is 1. The monoisotopic (exact) mass is 473 g/mol. The number of methoxy groups -OCH3 is 2. The first kappa shape index (κ1) is 22.3. The van der Waals surface area contributed by atoms with Gasteiger partial charge < -0.3 is 28.3 Å². The number of ketones is 1. The number of aryl methyl sites for hydroxylation is 1. The molecule has 0 fully saturated rings. The van der Waals surface area contributed by atoms with Crippen LogP contribution >= 0.6 is 0 Å². The van der Waals surface area contributed by atoms with E-state index in [-0.39, 0.29) is 17.9 Å². The van der Waals surface area contributed by atoms with Crippen molar-refractivity contribution < 1.29 is 33.0 Å². The lowest BCUT2D eigenvalue weighted by molar-refractivity contribution is -0.130. The molecule has 1 aliphatic rings. The summed E-state index contributed by atoms with van der Waals surface area (Å²) in [5.74, 6) is 0.134. The second-order valence-electron chi connectivity index (χ2n) is 8.22. The Bertz CT molecular complexity index is 1480. The van der Waals surface area contributed by atoms with Crippen LogP contribution in [0.3, 0.4) is 0 Å². The topological polar surface area (TPSA) is 102 Å². The molecular weight excluding hydrogens is 450 g/mol. The molecule has 0 spiro atoms. The van der Waals surface area contributed by atoms with Crippen LogP contribution in [0.25, 0.3) is 11.0 Å². The van der Waals surface area contributed by atoms with E-state index in [0.717, 1.165) is 5.56 Å². The average Bonchev–Trinajstić information content (AvgIpc) is 3.56. The number of benzene rings is 2. The molecule has 0 saturated carbocycles. The minimum Gasteiger partial charge on any atom is -0.503 e. The highest BCUT2D eigenvalue weighted by molar-refractivity contribution is 6.16. The Morgan fingerprint density at radius 1 is 1.03 bits per heavy atom. The molecule has 0 radical (unpaired) electrons. The molecule has 1 unspecified atom stereocenters. The summed E-state index contributed by atoms with van der Waals surface area (Å²) in [6.07, 6.45) is 0. The van der Waals surface area contributed by atoms with Crippen molar-refractivity contribution in [3.8, 4) is 11.5 Å². The molecule has 35 heavy (non-hydrogen) atoms. The van der Waals surface area contributed by atoms with E-state index in [1.165, 1.54) is 12.0 Å². The number of nitrogens with zero attached hydrogens (tertiary/aromatic N) is 1. The molecule has 5 rings (SSSR count). The van der Waals surface area contributed by atoms with Gasteiger partial charge in [0.05, 0.1) is 19.8 Å². The highest BCUT2D eigenvalue weighted by atomic mass is 16.5. The van der Waals surface area contributed by atoms with Crippen LogP contribution in [0, 0.1) is 6.92 Å². The zero-order chi connectivity index (χ0) is 24.7. The van der Waals surface area contributed by atoms with Gasteiger partial charge >= 0.3 is 0 Å². The highest BCUT2D eigenvalue weighted by Gasteiger charge is 2.46. The van der Waals surface area contributed by atoms with E-state index in [1.54, 1.807) is 62.6 Å². The third-order valence-electron chi connectivity index (χ3n) is 6.02. The van der Waals surface area contributed by atoms with Crippen molar-refractivity contribution in [2.75, 3.05) is 14.2 Å². The van der Waals surface area contributed by atoms with Gasteiger partial charge in [-0.15, -0.1) is 0 Å². The molecule has 4 aromatic rings. The molecule has 3 heterocycles. The first-order valence-electron chi connectivity index (χ1n) is 11.0. The molecule has 2 aromatic carbocycles. The van der Waals surface area contributed by atoms with Crippen LogP contribution in [-0.2, 0) is 11.3 Å². The molecule has 178 valence electrons. The zero-order valence-electron chi connectivity index (χ0n) is 19.4. The molecule has 1 N–H and O–H groups in total. The SMILES string of the molecule is COc1cccc(CN2C(=O)C(O)=C(C(=O)c3cc4cccc(OC)c4o3)C2c2ccc(C)o2)c1. The number of para-hydroxylation sites is 1. The number of hydrogen-bond acceptors (Lipinski definition) is 7. The maximum Gasteiger partial charge on any atom is 0.290 e. The summed E-state index contributed by atoms with van der Waals surface area (Å²) < 4.78 is 22.3. The molecule has 8 nitrogen and oxygen atoms in total. The number of rotatable bonds is 7. The van der Waals surface area contributed by atoms with E-state index < -0.39 is 23.5 Å². The first-order valence-corrected chi connectivity index (χ1v) is 11.0. The molecule has 1 aliphatic heterocycles. The van der Waals surface area contributed by atoms with Crippen LogP contribution in [-0.4, -0.2) is 35.9 Å². The van der Waals surface area contributed by atoms with E-state index in [9.17, 15) is 14.7 Å². The van der Waals surface area contributed by atoms with Gasteiger partial charge in [-0.3, -0.25) is 9.59 Å². The third-order valence-corrected chi connectivity index (χ3v) is 6.02. The van der Waals surface area contributed by atoms with Crippen LogP contribution < -0.4 is 9.47 Å². The van der Waals surface area contributed by atoms with Crippen LogP contribution in [0.1, 0.15) is 33.7 Å². The van der Waals surface area contributed by atoms with E-state index in [1.807, 2.05) is 12.1 Å². The summed E-state index contributed by atoms with van der Waals surface area (Å²) >= 11 is 0.